The highest BCUT2D eigenvalue weighted by molar-refractivity contribution is 5.99. The summed E-state index contributed by atoms with van der Waals surface area (Å²) in [6, 6.07) is 17.1. The van der Waals surface area contributed by atoms with E-state index in [9.17, 15) is 14.4 Å². The van der Waals surface area contributed by atoms with E-state index in [1.54, 1.807) is 33.9 Å². The highest BCUT2D eigenvalue weighted by atomic mass is 16.5. The Labute approximate surface area is 207 Å². The Morgan fingerprint density at radius 2 is 1.60 bits per heavy atom. The van der Waals surface area contributed by atoms with Gasteiger partial charge in [0, 0.05) is 31.9 Å². The summed E-state index contributed by atoms with van der Waals surface area (Å²) in [6.45, 7) is 6.44. The monoisotopic (exact) mass is 478 g/mol. The Balaban J connectivity index is 1.57. The van der Waals surface area contributed by atoms with E-state index < -0.39 is 5.54 Å². The van der Waals surface area contributed by atoms with Gasteiger partial charge in [-0.05, 0) is 51.0 Å². The molecular weight excluding hydrogens is 444 g/mol. The van der Waals surface area contributed by atoms with E-state index in [1.165, 1.54) is 0 Å². The molecule has 4 rings (SSSR count). The average Bonchev–Trinajstić information content (AvgIpc) is 3.16. The highest BCUT2D eigenvalue weighted by Crippen LogP contribution is 2.40. The van der Waals surface area contributed by atoms with Gasteiger partial charge in [-0.1, -0.05) is 30.3 Å². The number of piperidine rings is 1. The van der Waals surface area contributed by atoms with Crippen LogP contribution in [0.5, 0.6) is 5.75 Å². The van der Waals surface area contributed by atoms with Gasteiger partial charge < -0.3 is 24.3 Å². The molecule has 35 heavy (non-hydrogen) atoms. The fourth-order valence-electron chi connectivity index (χ4n) is 5.23. The molecule has 186 valence electrons. The number of carbonyl (C=O) groups excluding carboxylic acids is 3. The van der Waals surface area contributed by atoms with Crippen LogP contribution in [-0.2, 0) is 9.59 Å². The van der Waals surface area contributed by atoms with Crippen LogP contribution in [0.15, 0.2) is 54.6 Å². The van der Waals surface area contributed by atoms with Crippen LogP contribution in [0.4, 0.5) is 5.69 Å². The number of nitrogens with zero attached hydrogens (tertiary/aromatic N) is 4. The first-order chi connectivity index (χ1) is 16.9. The number of benzene rings is 2. The molecule has 0 saturated carbocycles. The van der Waals surface area contributed by atoms with Crippen molar-refractivity contribution in [3.05, 3.63) is 60.2 Å². The molecule has 2 fully saturated rings. The number of rotatable bonds is 7. The second-order valence-electron chi connectivity index (χ2n) is 9.00. The third-order valence-corrected chi connectivity index (χ3v) is 7.24. The first-order valence-corrected chi connectivity index (χ1v) is 12.3. The lowest BCUT2D eigenvalue weighted by molar-refractivity contribution is -0.140. The number of hydrogen-bond acceptors (Lipinski definition) is 5. The predicted molar refractivity (Wildman–Crippen MR) is 134 cm³/mol. The van der Waals surface area contributed by atoms with Crippen molar-refractivity contribution in [1.82, 2.24) is 14.7 Å². The maximum absolute atomic E-state index is 13.8. The zero-order valence-corrected chi connectivity index (χ0v) is 20.8. The van der Waals surface area contributed by atoms with Crippen LogP contribution in [0.3, 0.4) is 0 Å². The minimum atomic E-state index is -0.775. The number of hydrogen-bond donors (Lipinski definition) is 0. The van der Waals surface area contributed by atoms with Crippen LogP contribution < -0.4 is 9.64 Å². The number of ether oxygens (including phenoxy) is 1. The van der Waals surface area contributed by atoms with Gasteiger partial charge in [-0.15, -0.1) is 0 Å². The van der Waals surface area contributed by atoms with E-state index >= 15 is 0 Å². The third-order valence-electron chi connectivity index (χ3n) is 7.24. The van der Waals surface area contributed by atoms with Gasteiger partial charge in [0.15, 0.2) is 0 Å². The standard InChI is InChI=1S/C27H34N4O4/c1-4-28(5-2)24(32)19-30-20-31(21-11-7-6-8-12-21)27(26(30)34)15-17-29(18-16-27)25(33)22-13-9-10-14-23(22)35-3/h6-14H,4-5,15-20H2,1-3H3. The van der Waals surface area contributed by atoms with Gasteiger partial charge in [-0.2, -0.15) is 0 Å². The van der Waals surface area contributed by atoms with E-state index in [4.69, 9.17) is 4.74 Å². The zero-order chi connectivity index (χ0) is 25.0. The van der Waals surface area contributed by atoms with E-state index in [2.05, 4.69) is 4.90 Å². The second kappa shape index (κ2) is 10.4. The summed E-state index contributed by atoms with van der Waals surface area (Å²) in [5, 5.41) is 0. The topological polar surface area (TPSA) is 73.4 Å². The van der Waals surface area contributed by atoms with Gasteiger partial charge in [0.25, 0.3) is 11.8 Å². The fourth-order valence-corrected chi connectivity index (χ4v) is 5.23. The van der Waals surface area contributed by atoms with Gasteiger partial charge in [0.05, 0.1) is 19.3 Å². The van der Waals surface area contributed by atoms with Gasteiger partial charge in [-0.25, -0.2) is 0 Å². The molecule has 8 heteroatoms. The van der Waals surface area contributed by atoms with Crippen molar-refractivity contribution in [2.75, 3.05) is 51.4 Å². The lowest BCUT2D eigenvalue weighted by atomic mass is 9.85. The number of amides is 3. The SMILES string of the molecule is CCN(CC)C(=O)CN1CN(c2ccccc2)C2(CCN(C(=O)c3ccccc3OC)CC2)C1=O. The Hall–Kier alpha value is -3.55. The fraction of sp³-hybridized carbons (Fsp3) is 0.444. The van der Waals surface area contributed by atoms with E-state index in [-0.39, 0.29) is 24.3 Å². The predicted octanol–water partition coefficient (Wildman–Crippen LogP) is 2.84. The number of anilines is 1. The highest BCUT2D eigenvalue weighted by Gasteiger charge is 2.54. The van der Waals surface area contributed by atoms with Crippen LogP contribution >= 0.6 is 0 Å². The van der Waals surface area contributed by atoms with Crippen molar-refractivity contribution in [3.63, 3.8) is 0 Å². The molecular formula is C27H34N4O4. The minimum Gasteiger partial charge on any atom is -0.496 e. The van der Waals surface area contributed by atoms with Gasteiger partial charge in [0.1, 0.15) is 17.8 Å². The normalized spacial score (nSPS) is 17.1. The molecule has 0 radical (unpaired) electrons. The van der Waals surface area contributed by atoms with Crippen LogP contribution in [0.25, 0.3) is 0 Å². The van der Waals surface area contributed by atoms with Crippen molar-refractivity contribution in [2.45, 2.75) is 32.2 Å². The smallest absolute Gasteiger partial charge is 0.257 e. The van der Waals surface area contributed by atoms with Gasteiger partial charge in [-0.3, -0.25) is 14.4 Å². The molecule has 1 spiro atoms. The van der Waals surface area contributed by atoms with Crippen LogP contribution in [0, 0.1) is 0 Å². The number of carbonyl (C=O) groups is 3. The zero-order valence-electron chi connectivity index (χ0n) is 20.8. The molecule has 2 heterocycles. The van der Waals surface area contributed by atoms with E-state index in [1.807, 2.05) is 56.3 Å². The summed E-state index contributed by atoms with van der Waals surface area (Å²) in [5.74, 6) is 0.368. The molecule has 0 bridgehead atoms. The molecule has 0 atom stereocenters. The first kappa shape index (κ1) is 24.6. The van der Waals surface area contributed by atoms with Crippen molar-refractivity contribution in [2.24, 2.45) is 0 Å². The quantitative estimate of drug-likeness (QED) is 0.612. The molecule has 0 N–H and O–H groups in total. The lowest BCUT2D eigenvalue weighted by Gasteiger charge is -2.43. The number of methoxy groups -OCH3 is 1. The molecule has 8 nitrogen and oxygen atoms in total. The maximum Gasteiger partial charge on any atom is 0.257 e. The molecule has 2 aromatic carbocycles. The number of para-hydroxylation sites is 2. The molecule has 2 saturated heterocycles. The van der Waals surface area contributed by atoms with Gasteiger partial charge in [0.2, 0.25) is 5.91 Å². The van der Waals surface area contributed by atoms with Crippen molar-refractivity contribution < 1.29 is 19.1 Å². The van der Waals surface area contributed by atoms with Crippen molar-refractivity contribution >= 4 is 23.4 Å². The third kappa shape index (κ3) is 4.57. The Kier molecular flexibility index (Phi) is 7.28. The largest absolute Gasteiger partial charge is 0.496 e. The average molecular weight is 479 g/mol. The van der Waals surface area contributed by atoms with Crippen LogP contribution in [0.1, 0.15) is 37.0 Å². The Morgan fingerprint density at radius 1 is 0.971 bits per heavy atom. The first-order valence-electron chi connectivity index (χ1n) is 12.3. The summed E-state index contributed by atoms with van der Waals surface area (Å²) in [4.78, 5) is 47.3. The Bertz CT molecular complexity index is 1060. The lowest BCUT2D eigenvalue weighted by Crippen LogP contribution is -2.57. The Morgan fingerprint density at radius 3 is 2.23 bits per heavy atom. The summed E-state index contributed by atoms with van der Waals surface area (Å²) < 4.78 is 5.38. The van der Waals surface area contributed by atoms with Crippen molar-refractivity contribution in [1.29, 1.82) is 0 Å². The number of likely N-dealkylation sites (N-methyl/N-ethyl adjacent to an activating group) is 1. The molecule has 0 aliphatic carbocycles. The molecule has 0 unspecified atom stereocenters. The molecule has 3 amide bonds. The second-order valence-corrected chi connectivity index (χ2v) is 9.00. The molecule has 2 aliphatic rings. The van der Waals surface area contributed by atoms with Gasteiger partial charge >= 0.3 is 0 Å². The molecule has 2 aromatic rings. The van der Waals surface area contributed by atoms with E-state index in [0.29, 0.717) is 57.0 Å². The molecule has 0 aromatic heterocycles. The number of likely N-dealkylation sites (tertiary alicyclic amines) is 1. The summed E-state index contributed by atoms with van der Waals surface area (Å²) in [7, 11) is 1.56. The van der Waals surface area contributed by atoms with Crippen molar-refractivity contribution in [3.8, 4) is 5.75 Å². The molecule has 2 aliphatic heterocycles. The summed E-state index contributed by atoms with van der Waals surface area (Å²) in [6.07, 6.45) is 0.995. The van der Waals surface area contributed by atoms with E-state index in [0.717, 1.165) is 5.69 Å². The summed E-state index contributed by atoms with van der Waals surface area (Å²) in [5.41, 5.74) is 0.695. The maximum atomic E-state index is 13.8. The minimum absolute atomic E-state index is 0.0359. The van der Waals surface area contributed by atoms with Crippen LogP contribution in [0.2, 0.25) is 0 Å². The van der Waals surface area contributed by atoms with Crippen LogP contribution in [-0.4, -0.2) is 84.5 Å². The summed E-state index contributed by atoms with van der Waals surface area (Å²) >= 11 is 0.